The molecule has 0 saturated carbocycles. The zero-order chi connectivity index (χ0) is 17.3. The van der Waals surface area contributed by atoms with E-state index < -0.39 is 5.41 Å². The van der Waals surface area contributed by atoms with Gasteiger partial charge in [-0.25, -0.2) is 0 Å². The summed E-state index contributed by atoms with van der Waals surface area (Å²) in [6.45, 7) is 7.18. The van der Waals surface area contributed by atoms with E-state index in [1.54, 1.807) is 36.9 Å². The molecule has 0 aliphatic carbocycles. The minimum Gasteiger partial charge on any atom is -0.454 e. The van der Waals surface area contributed by atoms with E-state index in [0.29, 0.717) is 23.1 Å². The summed E-state index contributed by atoms with van der Waals surface area (Å²) in [6.07, 6.45) is 1.98. The Kier molecular flexibility index (Phi) is 4.39. The molecule has 3 rings (SSSR count). The fourth-order valence-corrected chi connectivity index (χ4v) is 2.97. The van der Waals surface area contributed by atoms with Gasteiger partial charge in [-0.15, -0.1) is 0 Å². The summed E-state index contributed by atoms with van der Waals surface area (Å²) in [5.74, 6) is 1.46. The molecular formula is C18H24N2O4. The first kappa shape index (κ1) is 16.6. The monoisotopic (exact) mass is 332 g/mol. The molecule has 1 aromatic carbocycles. The molecule has 0 atom stereocenters. The smallest absolute Gasteiger partial charge is 0.239 e. The van der Waals surface area contributed by atoms with Crippen LogP contribution < -0.4 is 14.8 Å². The van der Waals surface area contributed by atoms with Gasteiger partial charge in [-0.05, 0) is 44.7 Å². The van der Waals surface area contributed by atoms with Crippen LogP contribution in [0, 0.1) is 11.3 Å². The number of hydrogen-bond donors (Lipinski definition) is 1. The standard InChI is InChI=1S/C18H24N2O4/c1-12-6-8-20(9-7-12)17(22)18(2,3)16(21)19-13-4-5-14-15(10-13)24-11-23-14/h4-5,10,12H,6-9,11H2,1-3H3,(H,19,21). The summed E-state index contributed by atoms with van der Waals surface area (Å²) in [7, 11) is 0. The molecule has 2 aliphatic heterocycles. The number of fused-ring (bicyclic) bond motifs is 1. The van der Waals surface area contributed by atoms with Crippen molar-refractivity contribution >= 4 is 17.5 Å². The third kappa shape index (κ3) is 3.18. The van der Waals surface area contributed by atoms with Crippen LogP contribution in [-0.2, 0) is 9.59 Å². The van der Waals surface area contributed by atoms with Crippen LogP contribution in [0.4, 0.5) is 5.69 Å². The van der Waals surface area contributed by atoms with E-state index in [1.807, 2.05) is 0 Å². The molecule has 130 valence electrons. The Labute approximate surface area is 142 Å². The number of carbonyl (C=O) groups is 2. The first-order valence-corrected chi connectivity index (χ1v) is 8.38. The number of likely N-dealkylation sites (tertiary alicyclic amines) is 1. The second-order valence-corrected chi connectivity index (χ2v) is 7.12. The molecule has 2 amide bonds. The first-order valence-electron chi connectivity index (χ1n) is 8.38. The maximum absolute atomic E-state index is 12.8. The van der Waals surface area contributed by atoms with E-state index in [0.717, 1.165) is 25.9 Å². The van der Waals surface area contributed by atoms with E-state index >= 15 is 0 Å². The van der Waals surface area contributed by atoms with Crippen molar-refractivity contribution in [1.29, 1.82) is 0 Å². The van der Waals surface area contributed by atoms with Gasteiger partial charge in [0.1, 0.15) is 5.41 Å². The highest BCUT2D eigenvalue weighted by Crippen LogP contribution is 2.35. The number of carbonyl (C=O) groups excluding carboxylic acids is 2. The normalized spacial score (nSPS) is 17.7. The van der Waals surface area contributed by atoms with Crippen molar-refractivity contribution < 1.29 is 19.1 Å². The Morgan fingerprint density at radius 1 is 1.17 bits per heavy atom. The van der Waals surface area contributed by atoms with E-state index in [-0.39, 0.29) is 18.6 Å². The molecule has 0 bridgehead atoms. The van der Waals surface area contributed by atoms with Gasteiger partial charge in [0.05, 0.1) is 0 Å². The molecule has 1 saturated heterocycles. The van der Waals surface area contributed by atoms with Crippen LogP contribution >= 0.6 is 0 Å². The summed E-state index contributed by atoms with van der Waals surface area (Å²) in [5.41, 5.74) is -0.519. The highest BCUT2D eigenvalue weighted by molar-refractivity contribution is 6.09. The van der Waals surface area contributed by atoms with Gasteiger partial charge in [0.25, 0.3) is 0 Å². The van der Waals surface area contributed by atoms with Crippen LogP contribution in [-0.4, -0.2) is 36.6 Å². The highest BCUT2D eigenvalue weighted by atomic mass is 16.7. The zero-order valence-corrected chi connectivity index (χ0v) is 14.4. The van der Waals surface area contributed by atoms with Crippen molar-refractivity contribution in [2.24, 2.45) is 11.3 Å². The van der Waals surface area contributed by atoms with E-state index in [2.05, 4.69) is 12.2 Å². The average Bonchev–Trinajstić information content (AvgIpc) is 3.02. The van der Waals surface area contributed by atoms with E-state index in [1.165, 1.54) is 0 Å². The SMILES string of the molecule is CC1CCN(C(=O)C(C)(C)C(=O)Nc2ccc3c(c2)OCO3)CC1. The van der Waals surface area contributed by atoms with E-state index in [9.17, 15) is 9.59 Å². The zero-order valence-electron chi connectivity index (χ0n) is 14.4. The van der Waals surface area contributed by atoms with Crippen LogP contribution in [0.15, 0.2) is 18.2 Å². The number of benzene rings is 1. The topological polar surface area (TPSA) is 67.9 Å². The summed E-state index contributed by atoms with van der Waals surface area (Å²) < 4.78 is 10.6. The van der Waals surface area contributed by atoms with Crippen LogP contribution in [0.2, 0.25) is 0 Å². The van der Waals surface area contributed by atoms with E-state index in [4.69, 9.17) is 9.47 Å². The number of nitrogens with one attached hydrogen (secondary N) is 1. The van der Waals surface area contributed by atoms with Crippen molar-refractivity contribution in [3.05, 3.63) is 18.2 Å². The molecule has 2 heterocycles. The molecule has 0 radical (unpaired) electrons. The quantitative estimate of drug-likeness (QED) is 0.864. The minimum absolute atomic E-state index is 0.118. The second-order valence-electron chi connectivity index (χ2n) is 7.12. The van der Waals surface area contributed by atoms with Crippen molar-refractivity contribution in [2.45, 2.75) is 33.6 Å². The van der Waals surface area contributed by atoms with Crippen molar-refractivity contribution in [3.8, 4) is 11.5 Å². The summed E-state index contributed by atoms with van der Waals surface area (Å²) in [4.78, 5) is 27.2. The summed E-state index contributed by atoms with van der Waals surface area (Å²) in [5, 5.41) is 2.82. The number of nitrogens with zero attached hydrogens (tertiary/aromatic N) is 1. The van der Waals surface area contributed by atoms with Crippen LogP contribution in [0.5, 0.6) is 11.5 Å². The molecule has 0 spiro atoms. The van der Waals surface area contributed by atoms with Gasteiger partial charge < -0.3 is 19.7 Å². The number of rotatable bonds is 3. The Morgan fingerprint density at radius 3 is 2.54 bits per heavy atom. The summed E-state index contributed by atoms with van der Waals surface area (Å²) >= 11 is 0. The van der Waals surface area contributed by atoms with Crippen molar-refractivity contribution in [1.82, 2.24) is 4.90 Å². The average molecular weight is 332 g/mol. The number of piperidine rings is 1. The fourth-order valence-electron chi connectivity index (χ4n) is 2.97. The Bertz CT molecular complexity index is 648. The number of amides is 2. The van der Waals surface area contributed by atoms with Crippen molar-refractivity contribution in [2.75, 3.05) is 25.2 Å². The molecule has 1 N–H and O–H groups in total. The third-order valence-corrected chi connectivity index (χ3v) is 4.80. The Hall–Kier alpha value is -2.24. The molecular weight excluding hydrogens is 308 g/mol. The predicted octanol–water partition coefficient (Wildman–Crippen LogP) is 2.64. The van der Waals surface area contributed by atoms with Gasteiger partial charge in [-0.3, -0.25) is 9.59 Å². The maximum Gasteiger partial charge on any atom is 0.239 e. The van der Waals surface area contributed by atoms with Crippen molar-refractivity contribution in [3.63, 3.8) is 0 Å². The predicted molar refractivity (Wildman–Crippen MR) is 90.0 cm³/mol. The van der Waals surface area contributed by atoms with Gasteiger partial charge in [-0.2, -0.15) is 0 Å². The summed E-state index contributed by atoms with van der Waals surface area (Å²) in [6, 6.07) is 5.21. The molecule has 6 heteroatoms. The largest absolute Gasteiger partial charge is 0.454 e. The van der Waals surface area contributed by atoms with Gasteiger partial charge in [0, 0.05) is 24.8 Å². The van der Waals surface area contributed by atoms with Crippen LogP contribution in [0.25, 0.3) is 0 Å². The molecule has 0 unspecified atom stereocenters. The minimum atomic E-state index is -1.11. The molecule has 1 fully saturated rings. The Morgan fingerprint density at radius 2 is 1.83 bits per heavy atom. The van der Waals surface area contributed by atoms with Gasteiger partial charge in [0.2, 0.25) is 18.6 Å². The molecule has 2 aliphatic rings. The Balaban J connectivity index is 1.67. The molecule has 6 nitrogen and oxygen atoms in total. The lowest BCUT2D eigenvalue weighted by Crippen LogP contribution is -2.49. The third-order valence-electron chi connectivity index (χ3n) is 4.80. The number of hydrogen-bond acceptors (Lipinski definition) is 4. The second kappa shape index (κ2) is 6.34. The number of ether oxygens (including phenoxy) is 2. The van der Waals surface area contributed by atoms with Gasteiger partial charge >= 0.3 is 0 Å². The number of anilines is 1. The lowest BCUT2D eigenvalue weighted by molar-refractivity contribution is -0.147. The van der Waals surface area contributed by atoms with Crippen LogP contribution in [0.1, 0.15) is 33.6 Å². The first-order chi connectivity index (χ1) is 11.4. The lowest BCUT2D eigenvalue weighted by atomic mass is 9.88. The maximum atomic E-state index is 12.8. The van der Waals surface area contributed by atoms with Crippen LogP contribution in [0.3, 0.4) is 0 Å². The molecule has 0 aromatic heterocycles. The van der Waals surface area contributed by atoms with Gasteiger partial charge in [0.15, 0.2) is 11.5 Å². The molecule has 1 aromatic rings. The molecule has 24 heavy (non-hydrogen) atoms. The fraction of sp³-hybridized carbons (Fsp3) is 0.556. The lowest BCUT2D eigenvalue weighted by Gasteiger charge is -2.35. The highest BCUT2D eigenvalue weighted by Gasteiger charge is 2.40. The van der Waals surface area contributed by atoms with Gasteiger partial charge in [-0.1, -0.05) is 6.92 Å².